The highest BCUT2D eigenvalue weighted by molar-refractivity contribution is 8.18. The minimum absolute atomic E-state index is 0.0230. The second kappa shape index (κ2) is 18.7. The standard InChI is InChI=1S/C30H48O7S2/c1-4-5-6-7-8-9-10-11-15-37-28(33)21-24(31)20-25(32)22-30(38-16-12-17-39-30)14-13-23-18-26(35-2)29(34)27(19-23)36-3/h18-19,25,32,34H,4-17,20-22H2,1-3H3. The van der Waals surface area contributed by atoms with E-state index < -0.39 is 12.1 Å². The van der Waals surface area contributed by atoms with Crippen molar-refractivity contribution in [3.8, 4) is 17.2 Å². The van der Waals surface area contributed by atoms with Crippen molar-refractivity contribution in [1.29, 1.82) is 0 Å². The van der Waals surface area contributed by atoms with Crippen LogP contribution < -0.4 is 9.47 Å². The molecule has 2 rings (SSSR count). The Morgan fingerprint density at radius 1 is 0.974 bits per heavy atom. The van der Waals surface area contributed by atoms with Crippen molar-refractivity contribution < 1.29 is 34.0 Å². The van der Waals surface area contributed by atoms with E-state index in [0.29, 0.717) is 30.9 Å². The van der Waals surface area contributed by atoms with Crippen molar-refractivity contribution in [3.05, 3.63) is 17.7 Å². The molecule has 222 valence electrons. The number of ketones is 1. The number of unbranched alkanes of at least 4 members (excludes halogenated alkanes) is 7. The van der Waals surface area contributed by atoms with Crippen molar-refractivity contribution >= 4 is 35.3 Å². The average molecular weight is 585 g/mol. The zero-order valence-corrected chi connectivity index (χ0v) is 25.6. The van der Waals surface area contributed by atoms with Crippen LogP contribution in [0.5, 0.6) is 17.2 Å². The van der Waals surface area contributed by atoms with Crippen LogP contribution in [0.25, 0.3) is 0 Å². The van der Waals surface area contributed by atoms with E-state index in [0.717, 1.165) is 49.2 Å². The Bertz CT molecular complexity index is 846. The topological polar surface area (TPSA) is 102 Å². The maximum absolute atomic E-state index is 12.5. The first-order valence-electron chi connectivity index (χ1n) is 14.4. The van der Waals surface area contributed by atoms with Gasteiger partial charge in [-0.15, -0.1) is 23.5 Å². The van der Waals surface area contributed by atoms with Crippen LogP contribution in [0, 0.1) is 0 Å². The summed E-state index contributed by atoms with van der Waals surface area (Å²) >= 11 is 3.67. The summed E-state index contributed by atoms with van der Waals surface area (Å²) in [4.78, 5) is 24.6. The first kappa shape index (κ1) is 33.6. The predicted octanol–water partition coefficient (Wildman–Crippen LogP) is 6.69. The summed E-state index contributed by atoms with van der Waals surface area (Å²) in [5.41, 5.74) is 0.970. The van der Waals surface area contributed by atoms with Crippen LogP contribution in [0.15, 0.2) is 12.1 Å². The molecule has 1 fully saturated rings. The average Bonchev–Trinajstić information content (AvgIpc) is 2.91. The van der Waals surface area contributed by atoms with Gasteiger partial charge in [0.2, 0.25) is 5.75 Å². The largest absolute Gasteiger partial charge is 0.502 e. The van der Waals surface area contributed by atoms with E-state index in [1.807, 2.05) is 35.7 Å². The van der Waals surface area contributed by atoms with Gasteiger partial charge in [-0.3, -0.25) is 9.59 Å². The lowest BCUT2D eigenvalue weighted by Gasteiger charge is -2.37. The Hall–Kier alpha value is -1.58. The van der Waals surface area contributed by atoms with Crippen LogP contribution in [-0.4, -0.2) is 64.5 Å². The number of phenols is 1. The number of carbonyl (C=O) groups is 2. The first-order chi connectivity index (χ1) is 18.8. The Kier molecular flexibility index (Phi) is 16.1. The number of aliphatic hydroxyl groups is 1. The van der Waals surface area contributed by atoms with Gasteiger partial charge in [-0.25, -0.2) is 0 Å². The minimum atomic E-state index is -0.819. The number of ether oxygens (including phenoxy) is 3. The quantitative estimate of drug-likeness (QED) is 0.0985. The van der Waals surface area contributed by atoms with Crippen molar-refractivity contribution in [2.75, 3.05) is 32.3 Å². The number of esters is 1. The number of aliphatic hydroxyl groups excluding tert-OH is 1. The molecule has 1 atom stereocenters. The highest BCUT2D eigenvalue weighted by Crippen LogP contribution is 2.49. The number of carbonyl (C=O) groups excluding carboxylic acids is 2. The van der Waals surface area contributed by atoms with E-state index in [2.05, 4.69) is 6.92 Å². The van der Waals surface area contributed by atoms with Crippen LogP contribution in [0.1, 0.15) is 96.0 Å². The number of rotatable bonds is 20. The molecule has 0 aromatic heterocycles. The molecule has 1 aromatic carbocycles. The zero-order valence-electron chi connectivity index (χ0n) is 24.0. The number of hydrogen-bond donors (Lipinski definition) is 2. The van der Waals surface area contributed by atoms with Gasteiger partial charge in [0.05, 0.1) is 31.0 Å². The molecule has 9 heteroatoms. The SMILES string of the molecule is CCCCCCCCCCOC(=O)CC(=O)CC(O)CC1(CCc2cc(OC)c(O)c(OC)c2)SCCCS1. The van der Waals surface area contributed by atoms with Crippen molar-refractivity contribution in [2.24, 2.45) is 0 Å². The van der Waals surface area contributed by atoms with Crippen molar-refractivity contribution in [3.63, 3.8) is 0 Å². The Balaban J connectivity index is 1.78. The minimum Gasteiger partial charge on any atom is -0.502 e. The number of benzene rings is 1. The van der Waals surface area contributed by atoms with E-state index in [-0.39, 0.29) is 28.5 Å². The third kappa shape index (κ3) is 12.6. The van der Waals surface area contributed by atoms with E-state index in [1.54, 1.807) is 0 Å². The summed E-state index contributed by atoms with van der Waals surface area (Å²) in [6.07, 6.45) is 11.3. The summed E-state index contributed by atoms with van der Waals surface area (Å²) in [5, 5.41) is 21.0. The van der Waals surface area contributed by atoms with Gasteiger partial charge >= 0.3 is 5.97 Å². The van der Waals surface area contributed by atoms with E-state index in [4.69, 9.17) is 14.2 Å². The van der Waals surface area contributed by atoms with Crippen molar-refractivity contribution in [2.45, 2.75) is 107 Å². The third-order valence-electron chi connectivity index (χ3n) is 6.97. The Morgan fingerprint density at radius 2 is 1.56 bits per heavy atom. The van der Waals surface area contributed by atoms with Crippen LogP contribution in [0.4, 0.5) is 0 Å². The lowest BCUT2D eigenvalue weighted by atomic mass is 10.0. The number of aryl methyl sites for hydroxylation is 1. The molecular formula is C30H48O7S2. The number of thioether (sulfide) groups is 2. The lowest BCUT2D eigenvalue weighted by Crippen LogP contribution is -2.32. The molecule has 1 aromatic rings. The maximum atomic E-state index is 12.5. The van der Waals surface area contributed by atoms with Gasteiger partial charge in [0.25, 0.3) is 0 Å². The molecule has 1 unspecified atom stereocenters. The Labute approximate surface area is 243 Å². The monoisotopic (exact) mass is 584 g/mol. The molecule has 0 saturated carbocycles. The molecule has 2 N–H and O–H groups in total. The molecule has 1 heterocycles. The first-order valence-corrected chi connectivity index (χ1v) is 16.4. The van der Waals surface area contributed by atoms with Crippen molar-refractivity contribution in [1.82, 2.24) is 0 Å². The molecule has 0 aliphatic carbocycles. The molecule has 39 heavy (non-hydrogen) atoms. The highest BCUT2D eigenvalue weighted by Gasteiger charge is 2.36. The van der Waals surface area contributed by atoms with Gasteiger partial charge < -0.3 is 24.4 Å². The zero-order chi connectivity index (χ0) is 28.5. The van der Waals surface area contributed by atoms with Gasteiger partial charge in [-0.05, 0) is 61.3 Å². The Morgan fingerprint density at radius 3 is 2.15 bits per heavy atom. The summed E-state index contributed by atoms with van der Waals surface area (Å²) in [5.74, 6) is 1.93. The van der Waals surface area contributed by atoms with Gasteiger partial charge in [-0.2, -0.15) is 0 Å². The van der Waals surface area contributed by atoms with Gasteiger partial charge in [0.15, 0.2) is 11.5 Å². The molecule has 1 saturated heterocycles. The molecule has 0 bridgehead atoms. The van der Waals surface area contributed by atoms with Crippen LogP contribution in [-0.2, 0) is 20.7 Å². The molecule has 1 aliphatic rings. The fourth-order valence-electron chi connectivity index (χ4n) is 4.81. The summed E-state index contributed by atoms with van der Waals surface area (Å²) in [6, 6.07) is 3.62. The predicted molar refractivity (Wildman–Crippen MR) is 160 cm³/mol. The van der Waals surface area contributed by atoms with E-state index in [1.165, 1.54) is 46.3 Å². The maximum Gasteiger partial charge on any atom is 0.313 e. The van der Waals surface area contributed by atoms with Gasteiger partial charge in [0.1, 0.15) is 12.2 Å². The molecular weight excluding hydrogens is 536 g/mol. The van der Waals surface area contributed by atoms with Gasteiger partial charge in [0, 0.05) is 6.42 Å². The fraction of sp³-hybridized carbons (Fsp3) is 0.733. The lowest BCUT2D eigenvalue weighted by molar-refractivity contribution is -0.146. The molecule has 1 aliphatic heterocycles. The third-order valence-corrected chi connectivity index (χ3v) is 10.5. The van der Waals surface area contributed by atoms with Crippen LogP contribution >= 0.6 is 23.5 Å². The molecule has 0 amide bonds. The molecule has 0 radical (unpaired) electrons. The summed E-state index contributed by atoms with van der Waals surface area (Å²) in [6.45, 7) is 2.56. The van der Waals surface area contributed by atoms with E-state index in [9.17, 15) is 19.8 Å². The van der Waals surface area contributed by atoms with Crippen LogP contribution in [0.3, 0.4) is 0 Å². The normalized spacial score (nSPS) is 15.5. The fourth-order valence-corrected chi connectivity index (χ4v) is 8.26. The second-order valence-corrected chi connectivity index (χ2v) is 13.5. The number of methoxy groups -OCH3 is 2. The molecule has 7 nitrogen and oxygen atoms in total. The highest BCUT2D eigenvalue weighted by atomic mass is 32.2. The van der Waals surface area contributed by atoms with Crippen LogP contribution in [0.2, 0.25) is 0 Å². The smallest absolute Gasteiger partial charge is 0.313 e. The van der Waals surface area contributed by atoms with E-state index >= 15 is 0 Å². The summed E-state index contributed by atoms with van der Waals surface area (Å²) < 4.78 is 15.6. The molecule has 0 spiro atoms. The number of phenolic OH excluding ortho intramolecular Hbond substituents is 1. The number of aromatic hydroxyl groups is 1. The number of hydrogen-bond acceptors (Lipinski definition) is 9. The second-order valence-electron chi connectivity index (χ2n) is 10.3. The van der Waals surface area contributed by atoms with Gasteiger partial charge in [-0.1, -0.05) is 51.9 Å². The number of Topliss-reactive ketones (excluding diaryl/α,β-unsaturated/α-hetero) is 1. The summed E-state index contributed by atoms with van der Waals surface area (Å²) in [7, 11) is 3.01.